The number of aliphatic imine (C=N–C) groups is 1. The van der Waals surface area contributed by atoms with Crippen LogP contribution in [-0.2, 0) is 4.74 Å². The van der Waals surface area contributed by atoms with Crippen LogP contribution in [0.15, 0.2) is 17.6 Å². The Balaban J connectivity index is 0. The predicted molar refractivity (Wildman–Crippen MR) is 98.4 cm³/mol. The van der Waals surface area contributed by atoms with E-state index in [0.29, 0.717) is 19.0 Å². The van der Waals surface area contributed by atoms with Gasteiger partial charge in [-0.1, -0.05) is 6.08 Å². The van der Waals surface area contributed by atoms with E-state index < -0.39 is 17.2 Å². The SMILES string of the molecule is C=CCNC(=NC)NCC(C)(C)NC(=O)OC(C)(C)C.I. The van der Waals surface area contributed by atoms with E-state index in [0.717, 1.165) is 0 Å². The fourth-order valence-electron chi connectivity index (χ4n) is 1.32. The highest BCUT2D eigenvalue weighted by Gasteiger charge is 2.24. The van der Waals surface area contributed by atoms with Gasteiger partial charge in [0.05, 0.1) is 5.54 Å². The first-order valence-corrected chi connectivity index (χ1v) is 6.66. The zero-order chi connectivity index (χ0) is 15.8. The number of hydrogen-bond donors (Lipinski definition) is 3. The molecule has 21 heavy (non-hydrogen) atoms. The largest absolute Gasteiger partial charge is 0.444 e. The number of nitrogens with zero attached hydrogens (tertiary/aromatic N) is 1. The molecule has 0 aromatic rings. The van der Waals surface area contributed by atoms with E-state index in [9.17, 15) is 4.79 Å². The summed E-state index contributed by atoms with van der Waals surface area (Å²) in [6.45, 7) is 14.1. The molecule has 6 nitrogen and oxygen atoms in total. The number of halogens is 1. The van der Waals surface area contributed by atoms with Crippen LogP contribution in [0.4, 0.5) is 4.79 Å². The third-order valence-corrected chi connectivity index (χ3v) is 2.17. The van der Waals surface area contributed by atoms with E-state index in [1.54, 1.807) is 13.1 Å². The fourth-order valence-corrected chi connectivity index (χ4v) is 1.32. The summed E-state index contributed by atoms with van der Waals surface area (Å²) in [6.07, 6.45) is 1.31. The average molecular weight is 412 g/mol. The number of ether oxygens (including phenoxy) is 1. The number of hydrogen-bond acceptors (Lipinski definition) is 3. The van der Waals surface area contributed by atoms with E-state index in [1.807, 2.05) is 34.6 Å². The quantitative estimate of drug-likeness (QED) is 0.280. The second-order valence-corrected chi connectivity index (χ2v) is 6.11. The maximum atomic E-state index is 11.7. The van der Waals surface area contributed by atoms with Crippen LogP contribution >= 0.6 is 24.0 Å². The molecule has 124 valence electrons. The number of rotatable bonds is 5. The van der Waals surface area contributed by atoms with Crippen molar-refractivity contribution < 1.29 is 9.53 Å². The van der Waals surface area contributed by atoms with Gasteiger partial charge in [0.2, 0.25) is 0 Å². The molecule has 0 aliphatic heterocycles. The van der Waals surface area contributed by atoms with Crippen LogP contribution in [0, 0.1) is 0 Å². The van der Waals surface area contributed by atoms with Gasteiger partial charge in [-0.3, -0.25) is 4.99 Å². The molecule has 0 fully saturated rings. The number of amides is 1. The maximum Gasteiger partial charge on any atom is 0.408 e. The van der Waals surface area contributed by atoms with E-state index in [-0.39, 0.29) is 24.0 Å². The molecule has 7 heteroatoms. The molecule has 0 unspecified atom stereocenters. The summed E-state index contributed by atoms with van der Waals surface area (Å²) in [5.74, 6) is 0.656. The molecule has 0 heterocycles. The lowest BCUT2D eigenvalue weighted by atomic mass is 10.1. The first kappa shape index (κ1) is 22.3. The molecule has 0 saturated carbocycles. The van der Waals surface area contributed by atoms with E-state index in [1.165, 1.54) is 0 Å². The van der Waals surface area contributed by atoms with Crippen LogP contribution in [0.5, 0.6) is 0 Å². The second-order valence-electron chi connectivity index (χ2n) is 6.11. The Morgan fingerprint density at radius 1 is 1.24 bits per heavy atom. The molecular weight excluding hydrogens is 383 g/mol. The Hall–Kier alpha value is -0.990. The minimum absolute atomic E-state index is 0. The number of carbonyl (C=O) groups is 1. The number of nitrogens with one attached hydrogen (secondary N) is 3. The highest BCUT2D eigenvalue weighted by atomic mass is 127. The van der Waals surface area contributed by atoms with Gasteiger partial charge in [0.15, 0.2) is 5.96 Å². The van der Waals surface area contributed by atoms with Gasteiger partial charge in [0.1, 0.15) is 5.60 Å². The number of alkyl carbamates (subject to hydrolysis) is 1. The topological polar surface area (TPSA) is 74.8 Å². The molecule has 0 radical (unpaired) electrons. The summed E-state index contributed by atoms with van der Waals surface area (Å²) >= 11 is 0. The summed E-state index contributed by atoms with van der Waals surface area (Å²) in [6, 6.07) is 0. The van der Waals surface area contributed by atoms with Gasteiger partial charge in [-0.25, -0.2) is 4.79 Å². The van der Waals surface area contributed by atoms with Crippen LogP contribution < -0.4 is 16.0 Å². The molecule has 0 aromatic heterocycles. The molecule has 0 bridgehead atoms. The van der Waals surface area contributed by atoms with Crippen molar-refractivity contribution >= 4 is 36.0 Å². The van der Waals surface area contributed by atoms with Crippen LogP contribution in [0.2, 0.25) is 0 Å². The van der Waals surface area contributed by atoms with Gasteiger partial charge in [0, 0.05) is 20.1 Å². The number of guanidine groups is 1. The fraction of sp³-hybridized carbons (Fsp3) is 0.714. The Kier molecular flexibility index (Phi) is 10.5. The summed E-state index contributed by atoms with van der Waals surface area (Å²) in [5.41, 5.74) is -0.969. The molecule has 0 atom stereocenters. The number of carbonyl (C=O) groups excluding carboxylic acids is 1. The van der Waals surface area contributed by atoms with Crippen molar-refractivity contribution in [1.82, 2.24) is 16.0 Å². The van der Waals surface area contributed by atoms with Crippen molar-refractivity contribution in [1.29, 1.82) is 0 Å². The molecule has 3 N–H and O–H groups in total. The minimum atomic E-state index is -0.505. The lowest BCUT2D eigenvalue weighted by Gasteiger charge is -2.29. The van der Waals surface area contributed by atoms with Crippen LogP contribution in [0.25, 0.3) is 0 Å². The van der Waals surface area contributed by atoms with Gasteiger partial charge in [-0.2, -0.15) is 0 Å². The molecule has 0 rings (SSSR count). The van der Waals surface area contributed by atoms with Crippen molar-refractivity contribution in [2.45, 2.75) is 45.8 Å². The second kappa shape index (κ2) is 9.86. The molecule has 0 aliphatic carbocycles. The molecule has 0 aliphatic rings. The lowest BCUT2D eigenvalue weighted by Crippen LogP contribution is -2.54. The first-order valence-electron chi connectivity index (χ1n) is 6.66. The predicted octanol–water partition coefficient (Wildman–Crippen LogP) is 2.26. The van der Waals surface area contributed by atoms with Crippen molar-refractivity contribution in [2.75, 3.05) is 20.1 Å². The third-order valence-electron chi connectivity index (χ3n) is 2.17. The van der Waals surface area contributed by atoms with Crippen molar-refractivity contribution in [3.63, 3.8) is 0 Å². The third kappa shape index (κ3) is 12.5. The van der Waals surface area contributed by atoms with Gasteiger partial charge in [-0.15, -0.1) is 30.6 Å². The van der Waals surface area contributed by atoms with Crippen LogP contribution in [0.3, 0.4) is 0 Å². The Morgan fingerprint density at radius 2 is 1.81 bits per heavy atom. The van der Waals surface area contributed by atoms with Crippen LogP contribution in [0.1, 0.15) is 34.6 Å². The average Bonchev–Trinajstić information content (AvgIpc) is 2.25. The zero-order valence-corrected chi connectivity index (χ0v) is 16.2. The molecule has 0 saturated heterocycles. The van der Waals surface area contributed by atoms with Crippen LogP contribution in [-0.4, -0.2) is 43.3 Å². The molecule has 0 spiro atoms. The maximum absolute atomic E-state index is 11.7. The summed E-state index contributed by atoms with van der Waals surface area (Å²) in [7, 11) is 1.69. The summed E-state index contributed by atoms with van der Waals surface area (Å²) in [5, 5.41) is 9.02. The van der Waals surface area contributed by atoms with Crippen molar-refractivity contribution in [3.05, 3.63) is 12.7 Å². The van der Waals surface area contributed by atoms with Crippen molar-refractivity contribution in [3.8, 4) is 0 Å². The Bertz CT molecular complexity index is 362. The van der Waals surface area contributed by atoms with E-state index in [4.69, 9.17) is 4.74 Å². The van der Waals surface area contributed by atoms with Gasteiger partial charge < -0.3 is 20.7 Å². The Morgan fingerprint density at radius 3 is 2.24 bits per heavy atom. The summed E-state index contributed by atoms with van der Waals surface area (Å²) < 4.78 is 5.23. The summed E-state index contributed by atoms with van der Waals surface area (Å²) in [4.78, 5) is 15.8. The monoisotopic (exact) mass is 412 g/mol. The van der Waals surface area contributed by atoms with Gasteiger partial charge in [-0.05, 0) is 34.6 Å². The Labute approximate surface area is 145 Å². The molecular formula is C14H29IN4O2. The zero-order valence-electron chi connectivity index (χ0n) is 13.9. The van der Waals surface area contributed by atoms with Crippen molar-refractivity contribution in [2.24, 2.45) is 4.99 Å². The van der Waals surface area contributed by atoms with E-state index in [2.05, 4.69) is 27.5 Å². The smallest absolute Gasteiger partial charge is 0.408 e. The lowest BCUT2D eigenvalue weighted by molar-refractivity contribution is 0.0474. The van der Waals surface area contributed by atoms with Gasteiger partial charge >= 0.3 is 6.09 Å². The van der Waals surface area contributed by atoms with E-state index >= 15 is 0 Å². The standard InChI is InChI=1S/C14H28N4O2.HI/c1-8-9-16-11(15-7)17-10-14(5,6)18-12(19)20-13(2,3)4;/h8H,1,9-10H2,2-7H3,(H,18,19)(H2,15,16,17);1H. The highest BCUT2D eigenvalue weighted by Crippen LogP contribution is 2.08. The minimum Gasteiger partial charge on any atom is -0.444 e. The molecule has 0 aromatic carbocycles. The normalized spacial score (nSPS) is 12.0. The molecule has 1 amide bonds. The van der Waals surface area contributed by atoms with Gasteiger partial charge in [0.25, 0.3) is 0 Å². The first-order chi connectivity index (χ1) is 9.09. The highest BCUT2D eigenvalue weighted by molar-refractivity contribution is 14.0.